The molecule has 0 spiro atoms. The third-order valence-corrected chi connectivity index (χ3v) is 2.94. The molecule has 0 heterocycles. The van der Waals surface area contributed by atoms with Gasteiger partial charge in [0.15, 0.2) is 0 Å². The van der Waals surface area contributed by atoms with E-state index in [-0.39, 0.29) is 23.7 Å². The van der Waals surface area contributed by atoms with Gasteiger partial charge in [-0.3, -0.25) is 4.79 Å². The van der Waals surface area contributed by atoms with Crippen LogP contribution >= 0.6 is 0 Å². The Labute approximate surface area is 107 Å². The Kier molecular flexibility index (Phi) is 5.28. The minimum atomic E-state index is -0.348. The van der Waals surface area contributed by atoms with Crippen LogP contribution in [0.25, 0.3) is 0 Å². The number of nitrogens with one attached hydrogen (secondary N) is 1. The summed E-state index contributed by atoms with van der Waals surface area (Å²) < 4.78 is 17.7. The van der Waals surface area contributed by atoms with E-state index in [2.05, 4.69) is 5.32 Å². The molecule has 0 fully saturated rings. The molecule has 100 valence electrons. The molecule has 0 saturated carbocycles. The number of methoxy groups -OCH3 is 1. The van der Waals surface area contributed by atoms with Gasteiger partial charge in [-0.25, -0.2) is 4.39 Å². The smallest absolute Gasteiger partial charge is 0.323 e. The van der Waals surface area contributed by atoms with E-state index < -0.39 is 0 Å². The van der Waals surface area contributed by atoms with Crippen molar-refractivity contribution in [3.63, 3.8) is 0 Å². The molecule has 0 radical (unpaired) electrons. The summed E-state index contributed by atoms with van der Waals surface area (Å²) in [5.74, 6) is -0.382. The molecule has 4 heteroatoms. The number of esters is 1. The number of hydrogen-bond acceptors (Lipinski definition) is 3. The van der Waals surface area contributed by atoms with E-state index in [1.54, 1.807) is 6.07 Å². The molecule has 0 saturated heterocycles. The maximum absolute atomic E-state index is 13.0. The highest BCUT2D eigenvalue weighted by Gasteiger charge is 2.22. The second-order valence-electron chi connectivity index (χ2n) is 4.70. The van der Waals surface area contributed by atoms with Gasteiger partial charge in [-0.2, -0.15) is 0 Å². The molecule has 1 N–H and O–H groups in total. The van der Waals surface area contributed by atoms with Gasteiger partial charge in [-0.15, -0.1) is 0 Å². The second kappa shape index (κ2) is 6.50. The van der Waals surface area contributed by atoms with E-state index >= 15 is 0 Å². The topological polar surface area (TPSA) is 38.3 Å². The molecule has 3 nitrogen and oxygen atoms in total. The summed E-state index contributed by atoms with van der Waals surface area (Å²) in [7, 11) is 1.38. The van der Waals surface area contributed by atoms with E-state index in [1.165, 1.54) is 19.2 Å². The lowest BCUT2D eigenvalue weighted by Gasteiger charge is -2.20. The highest BCUT2D eigenvalue weighted by atomic mass is 19.1. The standard InChI is InChI=1S/C14H20FNO2/c1-9(2)13(14(17)18-4)16-8-11-5-6-12(15)7-10(11)3/h5-7,9,13,16H,8H2,1-4H3/t13-/m0/s1. The van der Waals surface area contributed by atoms with Crippen LogP contribution in [0.15, 0.2) is 18.2 Å². The summed E-state index contributed by atoms with van der Waals surface area (Å²) in [6, 6.07) is 4.29. The van der Waals surface area contributed by atoms with Crippen molar-refractivity contribution in [3.05, 3.63) is 35.1 Å². The van der Waals surface area contributed by atoms with Gasteiger partial charge in [-0.1, -0.05) is 19.9 Å². The molecular formula is C14H20FNO2. The number of carbonyl (C=O) groups is 1. The van der Waals surface area contributed by atoms with Crippen LogP contribution in [0.4, 0.5) is 4.39 Å². The molecule has 1 aromatic rings. The fourth-order valence-electron chi connectivity index (χ4n) is 1.80. The summed E-state index contributed by atoms with van der Waals surface area (Å²) in [6.45, 7) is 6.27. The quantitative estimate of drug-likeness (QED) is 0.819. The Morgan fingerprint density at radius 3 is 2.61 bits per heavy atom. The van der Waals surface area contributed by atoms with Gasteiger partial charge in [0.2, 0.25) is 0 Å². The van der Waals surface area contributed by atoms with Crippen molar-refractivity contribution in [1.82, 2.24) is 5.32 Å². The van der Waals surface area contributed by atoms with Crippen LogP contribution in [0.1, 0.15) is 25.0 Å². The van der Waals surface area contributed by atoms with Crippen LogP contribution in [0.3, 0.4) is 0 Å². The van der Waals surface area contributed by atoms with Crippen LogP contribution in [0.5, 0.6) is 0 Å². The summed E-state index contributed by atoms with van der Waals surface area (Å²) in [6.07, 6.45) is 0. The third kappa shape index (κ3) is 3.81. The van der Waals surface area contributed by atoms with Gasteiger partial charge in [-0.05, 0) is 36.1 Å². The monoisotopic (exact) mass is 253 g/mol. The number of aryl methyl sites for hydroxylation is 1. The Bertz CT molecular complexity index is 418. The third-order valence-electron chi connectivity index (χ3n) is 2.94. The minimum absolute atomic E-state index is 0.137. The average Bonchev–Trinajstić information content (AvgIpc) is 2.31. The number of hydrogen-bond donors (Lipinski definition) is 1. The van der Waals surface area contributed by atoms with Crippen molar-refractivity contribution < 1.29 is 13.9 Å². The van der Waals surface area contributed by atoms with Crippen LogP contribution < -0.4 is 5.32 Å². The van der Waals surface area contributed by atoms with Crippen molar-refractivity contribution in [3.8, 4) is 0 Å². The normalized spacial score (nSPS) is 12.6. The van der Waals surface area contributed by atoms with Crippen molar-refractivity contribution in [2.75, 3.05) is 7.11 Å². The zero-order valence-corrected chi connectivity index (χ0v) is 11.3. The zero-order chi connectivity index (χ0) is 13.7. The van der Waals surface area contributed by atoms with Gasteiger partial charge in [0.25, 0.3) is 0 Å². The lowest BCUT2D eigenvalue weighted by Crippen LogP contribution is -2.41. The predicted molar refractivity (Wildman–Crippen MR) is 68.6 cm³/mol. The second-order valence-corrected chi connectivity index (χ2v) is 4.70. The Hall–Kier alpha value is -1.42. The summed E-state index contributed by atoms with van der Waals surface area (Å²) >= 11 is 0. The molecule has 18 heavy (non-hydrogen) atoms. The summed E-state index contributed by atoms with van der Waals surface area (Å²) in [4.78, 5) is 11.6. The number of benzene rings is 1. The summed E-state index contributed by atoms with van der Waals surface area (Å²) in [5.41, 5.74) is 1.85. The van der Waals surface area contributed by atoms with Crippen molar-refractivity contribution in [1.29, 1.82) is 0 Å². The molecule has 1 atom stereocenters. The van der Waals surface area contributed by atoms with Gasteiger partial charge in [0.05, 0.1) is 7.11 Å². The first-order chi connectivity index (χ1) is 8.45. The Morgan fingerprint density at radius 1 is 1.44 bits per heavy atom. The fourth-order valence-corrected chi connectivity index (χ4v) is 1.80. The molecule has 0 aliphatic heterocycles. The SMILES string of the molecule is COC(=O)[C@@H](NCc1ccc(F)cc1C)C(C)C. The van der Waals surface area contributed by atoms with Crippen LogP contribution in [-0.4, -0.2) is 19.1 Å². The average molecular weight is 253 g/mol. The first-order valence-electron chi connectivity index (χ1n) is 6.02. The van der Waals surface area contributed by atoms with Gasteiger partial charge < -0.3 is 10.1 Å². The van der Waals surface area contributed by atoms with E-state index in [9.17, 15) is 9.18 Å². The highest BCUT2D eigenvalue weighted by molar-refractivity contribution is 5.75. The van der Waals surface area contributed by atoms with Gasteiger partial charge >= 0.3 is 5.97 Å². The van der Waals surface area contributed by atoms with Crippen LogP contribution in [0, 0.1) is 18.7 Å². The number of ether oxygens (including phenoxy) is 1. The lowest BCUT2D eigenvalue weighted by molar-refractivity contribution is -0.144. The van der Waals surface area contributed by atoms with E-state index in [0.29, 0.717) is 6.54 Å². The molecule has 0 aliphatic rings. The number of rotatable bonds is 5. The molecule has 1 aromatic carbocycles. The molecule has 0 bridgehead atoms. The maximum atomic E-state index is 13.0. The molecule has 0 aromatic heterocycles. The molecule has 0 unspecified atom stereocenters. The zero-order valence-electron chi connectivity index (χ0n) is 11.3. The largest absolute Gasteiger partial charge is 0.468 e. The van der Waals surface area contributed by atoms with Gasteiger partial charge in [0.1, 0.15) is 11.9 Å². The van der Waals surface area contributed by atoms with Gasteiger partial charge in [0, 0.05) is 6.54 Å². The van der Waals surface area contributed by atoms with E-state index in [4.69, 9.17) is 4.74 Å². The predicted octanol–water partition coefficient (Wildman–Crippen LogP) is 2.42. The first kappa shape index (κ1) is 14.6. The van der Waals surface area contributed by atoms with E-state index in [1.807, 2.05) is 20.8 Å². The number of carbonyl (C=O) groups excluding carboxylic acids is 1. The molecule has 0 amide bonds. The minimum Gasteiger partial charge on any atom is -0.468 e. The fraction of sp³-hybridized carbons (Fsp3) is 0.500. The van der Waals surface area contributed by atoms with Crippen molar-refractivity contribution >= 4 is 5.97 Å². The van der Waals surface area contributed by atoms with Crippen molar-refractivity contribution in [2.24, 2.45) is 5.92 Å². The highest BCUT2D eigenvalue weighted by Crippen LogP contribution is 2.11. The molecule has 1 rings (SSSR count). The van der Waals surface area contributed by atoms with Crippen LogP contribution in [-0.2, 0) is 16.1 Å². The van der Waals surface area contributed by atoms with Crippen LogP contribution in [0.2, 0.25) is 0 Å². The lowest BCUT2D eigenvalue weighted by atomic mass is 10.0. The Morgan fingerprint density at radius 2 is 2.11 bits per heavy atom. The molecule has 0 aliphatic carbocycles. The number of halogens is 1. The van der Waals surface area contributed by atoms with Crippen molar-refractivity contribution in [2.45, 2.75) is 33.4 Å². The summed E-state index contributed by atoms with van der Waals surface area (Å²) in [5, 5.41) is 3.15. The maximum Gasteiger partial charge on any atom is 0.323 e. The first-order valence-corrected chi connectivity index (χ1v) is 6.02. The Balaban J connectivity index is 2.70. The molecular weight excluding hydrogens is 233 g/mol. The van der Waals surface area contributed by atoms with E-state index in [0.717, 1.165) is 11.1 Å².